The van der Waals surface area contributed by atoms with Crippen LogP contribution >= 0.6 is 0 Å². The second-order valence-electron chi connectivity index (χ2n) is 9.91. The zero-order chi connectivity index (χ0) is 24.7. The van der Waals surface area contributed by atoms with Gasteiger partial charge in [0, 0.05) is 11.8 Å². The Balaban J connectivity index is 1.48. The number of fused-ring (bicyclic) bond motifs is 1. The minimum Gasteiger partial charge on any atom is -0.495 e. The van der Waals surface area contributed by atoms with Crippen molar-refractivity contribution in [3.8, 4) is 11.4 Å². The van der Waals surface area contributed by atoms with Crippen molar-refractivity contribution in [1.82, 2.24) is 14.5 Å². The monoisotopic (exact) mass is 474 g/mol. The van der Waals surface area contributed by atoms with E-state index in [1.165, 1.54) is 12.1 Å². The second kappa shape index (κ2) is 8.96. The van der Waals surface area contributed by atoms with E-state index in [4.69, 9.17) is 10.5 Å². The van der Waals surface area contributed by atoms with E-state index in [0.717, 1.165) is 40.9 Å². The van der Waals surface area contributed by atoms with E-state index in [9.17, 15) is 9.18 Å². The van der Waals surface area contributed by atoms with E-state index >= 15 is 0 Å². The Kier molecular flexibility index (Phi) is 5.97. The Labute approximate surface area is 205 Å². The number of nitrogens with two attached hydrogens (primary N) is 1. The maximum Gasteiger partial charge on any atom is 0.251 e. The number of carbonyl (C=O) groups is 1. The van der Waals surface area contributed by atoms with Gasteiger partial charge in [-0.3, -0.25) is 4.79 Å². The van der Waals surface area contributed by atoms with Gasteiger partial charge in [-0.15, -0.1) is 0 Å². The molecule has 2 aromatic carbocycles. The van der Waals surface area contributed by atoms with Gasteiger partial charge in [-0.1, -0.05) is 25.1 Å². The first-order valence-corrected chi connectivity index (χ1v) is 12.0. The highest BCUT2D eigenvalue weighted by molar-refractivity contribution is 5.99. The molecule has 3 heterocycles. The van der Waals surface area contributed by atoms with Crippen molar-refractivity contribution in [2.75, 3.05) is 7.11 Å². The van der Waals surface area contributed by atoms with Gasteiger partial charge in [0.25, 0.3) is 5.91 Å². The van der Waals surface area contributed by atoms with Crippen molar-refractivity contribution in [1.29, 1.82) is 0 Å². The maximum absolute atomic E-state index is 13.8. The first-order chi connectivity index (χ1) is 16.8. The van der Waals surface area contributed by atoms with E-state index < -0.39 is 5.66 Å². The van der Waals surface area contributed by atoms with Crippen LogP contribution in [0.3, 0.4) is 0 Å². The predicted octanol–water partition coefficient (Wildman–Crippen LogP) is 5.16. The first kappa shape index (κ1) is 23.3. The summed E-state index contributed by atoms with van der Waals surface area (Å²) < 4.78 is 21.1. The highest BCUT2D eigenvalue weighted by Gasteiger charge is 2.49. The van der Waals surface area contributed by atoms with Crippen molar-refractivity contribution in [2.24, 2.45) is 11.7 Å². The molecule has 2 aliphatic rings. The molecule has 3 aromatic rings. The molecule has 0 radical (unpaired) electrons. The molecule has 2 saturated heterocycles. The molecule has 0 saturated carbocycles. The minimum absolute atomic E-state index is 0.0479. The molecule has 2 fully saturated rings. The van der Waals surface area contributed by atoms with Crippen LogP contribution in [0.2, 0.25) is 0 Å². The number of hydrogen-bond donors (Lipinski definition) is 1. The van der Waals surface area contributed by atoms with Crippen molar-refractivity contribution < 1.29 is 13.9 Å². The number of carbonyl (C=O) groups excluding carboxylic acids is 1. The average molecular weight is 475 g/mol. The summed E-state index contributed by atoms with van der Waals surface area (Å²) in [5, 5.41) is 0. The third-order valence-corrected chi connectivity index (χ3v) is 7.23. The first-order valence-electron chi connectivity index (χ1n) is 12.0. The van der Waals surface area contributed by atoms with Crippen molar-refractivity contribution in [3.05, 3.63) is 83.2 Å². The van der Waals surface area contributed by atoms with Crippen LogP contribution in [-0.4, -0.2) is 33.1 Å². The summed E-state index contributed by atoms with van der Waals surface area (Å²) in [4.78, 5) is 20.0. The molecule has 5 rings (SSSR count). The Bertz CT molecular complexity index is 1280. The molecular weight excluding hydrogens is 443 g/mol. The van der Waals surface area contributed by atoms with Gasteiger partial charge in [0.1, 0.15) is 11.6 Å². The molecule has 35 heavy (non-hydrogen) atoms. The number of imidazole rings is 1. The number of rotatable bonds is 4. The van der Waals surface area contributed by atoms with Gasteiger partial charge in [-0.25, -0.2) is 9.37 Å². The van der Waals surface area contributed by atoms with Gasteiger partial charge in [0.15, 0.2) is 0 Å². The Morgan fingerprint density at radius 2 is 2.00 bits per heavy atom. The largest absolute Gasteiger partial charge is 0.495 e. The fraction of sp³-hybridized carbons (Fsp3) is 0.357. The molecule has 0 aliphatic carbocycles. The summed E-state index contributed by atoms with van der Waals surface area (Å²) in [5.41, 5.74) is 10.5. The number of amides is 1. The van der Waals surface area contributed by atoms with Crippen LogP contribution in [0.1, 0.15) is 55.5 Å². The summed E-state index contributed by atoms with van der Waals surface area (Å²) in [6.07, 6.45) is 8.49. The van der Waals surface area contributed by atoms with Crippen LogP contribution in [0.5, 0.6) is 5.75 Å². The van der Waals surface area contributed by atoms with Crippen molar-refractivity contribution in [2.45, 2.75) is 51.2 Å². The number of piperidine rings is 2. The summed E-state index contributed by atoms with van der Waals surface area (Å²) in [7, 11) is 1.64. The predicted molar refractivity (Wildman–Crippen MR) is 133 cm³/mol. The van der Waals surface area contributed by atoms with Crippen LogP contribution in [0, 0.1) is 18.7 Å². The van der Waals surface area contributed by atoms with Gasteiger partial charge in [-0.05, 0) is 80.0 Å². The minimum atomic E-state index is -0.702. The highest BCUT2D eigenvalue weighted by atomic mass is 19.1. The lowest BCUT2D eigenvalue weighted by atomic mass is 9.75. The molecule has 2 N–H and O–H groups in total. The number of aromatic nitrogens is 2. The Hall–Kier alpha value is -3.45. The summed E-state index contributed by atoms with van der Waals surface area (Å²) in [6.45, 7) is 4.11. The molecule has 3 atom stereocenters. The lowest BCUT2D eigenvalue weighted by molar-refractivity contribution is -0.146. The third-order valence-electron chi connectivity index (χ3n) is 7.23. The standard InChI is InChI=1S/C28H31FN4O2/c1-18-12-25(21-5-7-23(29)8-6-21)33-27(34)22(10-11-28(33,30)15-18)13-20-4-9-24(26(14-20)35-3)32-16-19(2)31-17-32/h4-9,13-14,16-18,25H,10-12,15,30H2,1-3H3/b22-13+/t18-,25+,28-/m0/s1. The topological polar surface area (TPSA) is 73.4 Å². The number of ether oxygens (including phenoxy) is 1. The summed E-state index contributed by atoms with van der Waals surface area (Å²) in [6, 6.07) is 12.1. The van der Waals surface area contributed by atoms with Crippen LogP contribution in [0.4, 0.5) is 4.39 Å². The number of aryl methyl sites for hydroxylation is 1. The number of benzene rings is 2. The molecule has 7 heteroatoms. The zero-order valence-electron chi connectivity index (χ0n) is 20.4. The zero-order valence-corrected chi connectivity index (χ0v) is 20.4. The third kappa shape index (κ3) is 4.36. The van der Waals surface area contributed by atoms with Gasteiger partial charge in [0.05, 0.1) is 36.5 Å². The van der Waals surface area contributed by atoms with Crippen LogP contribution < -0.4 is 10.5 Å². The van der Waals surface area contributed by atoms with E-state index in [-0.39, 0.29) is 17.8 Å². The molecule has 1 aromatic heterocycles. The maximum atomic E-state index is 13.8. The van der Waals surface area contributed by atoms with Crippen molar-refractivity contribution in [3.63, 3.8) is 0 Å². The molecule has 182 valence electrons. The molecule has 0 unspecified atom stereocenters. The molecule has 6 nitrogen and oxygen atoms in total. The second-order valence-corrected chi connectivity index (χ2v) is 9.91. The molecule has 1 amide bonds. The van der Waals surface area contributed by atoms with Crippen LogP contribution in [0.25, 0.3) is 11.8 Å². The lowest BCUT2D eigenvalue weighted by Crippen LogP contribution is -2.65. The summed E-state index contributed by atoms with van der Waals surface area (Å²) in [5.74, 6) is 0.732. The summed E-state index contributed by atoms with van der Waals surface area (Å²) >= 11 is 0. The normalized spacial score (nSPS) is 25.6. The van der Waals surface area contributed by atoms with E-state index in [1.807, 2.05) is 46.9 Å². The Morgan fingerprint density at radius 1 is 1.23 bits per heavy atom. The van der Waals surface area contributed by atoms with Crippen LogP contribution in [0.15, 0.2) is 60.6 Å². The van der Waals surface area contributed by atoms with E-state index in [1.54, 1.807) is 25.6 Å². The fourth-order valence-electron chi connectivity index (χ4n) is 5.62. The van der Waals surface area contributed by atoms with E-state index in [0.29, 0.717) is 24.5 Å². The number of methoxy groups -OCH3 is 1. The number of hydrogen-bond acceptors (Lipinski definition) is 4. The Morgan fingerprint density at radius 3 is 2.69 bits per heavy atom. The van der Waals surface area contributed by atoms with Gasteiger partial charge in [-0.2, -0.15) is 0 Å². The van der Waals surface area contributed by atoms with Gasteiger partial charge in [0.2, 0.25) is 0 Å². The van der Waals surface area contributed by atoms with Crippen molar-refractivity contribution >= 4 is 12.0 Å². The van der Waals surface area contributed by atoms with E-state index in [2.05, 4.69) is 11.9 Å². The fourth-order valence-corrected chi connectivity index (χ4v) is 5.62. The molecule has 0 spiro atoms. The van der Waals surface area contributed by atoms with Gasteiger partial charge < -0.3 is 19.9 Å². The molecule has 0 bridgehead atoms. The average Bonchev–Trinajstić information content (AvgIpc) is 3.26. The quantitative estimate of drug-likeness (QED) is 0.530. The lowest BCUT2D eigenvalue weighted by Gasteiger charge is -2.54. The number of nitrogens with zero attached hydrogens (tertiary/aromatic N) is 3. The van der Waals surface area contributed by atoms with Gasteiger partial charge >= 0.3 is 0 Å². The smallest absolute Gasteiger partial charge is 0.251 e. The highest BCUT2D eigenvalue weighted by Crippen LogP contribution is 2.46. The molecule has 2 aliphatic heterocycles. The number of halogens is 1. The SMILES string of the molecule is COc1cc(/C=C2\CC[C@@]3(N)C[C@@H](C)C[C@H](c4ccc(F)cc4)N3C2=O)ccc1-n1cnc(C)c1. The molecular formula is C28H31FN4O2. The van der Waals surface area contributed by atoms with Crippen LogP contribution in [-0.2, 0) is 4.79 Å².